The summed E-state index contributed by atoms with van der Waals surface area (Å²) in [6, 6.07) is 2.11. The number of rotatable bonds is 5. The van der Waals surface area contributed by atoms with Crippen molar-refractivity contribution in [2.24, 2.45) is 0 Å². The second-order valence-corrected chi connectivity index (χ2v) is 5.40. The van der Waals surface area contributed by atoms with E-state index in [9.17, 15) is 0 Å². The van der Waals surface area contributed by atoms with E-state index < -0.39 is 0 Å². The zero-order chi connectivity index (χ0) is 14.1. The quantitative estimate of drug-likeness (QED) is 0.908. The Balaban J connectivity index is 2.02. The Hall–Kier alpha value is -1.91. The number of nitrogens with zero attached hydrogens (tertiary/aromatic N) is 4. The first-order valence-electron chi connectivity index (χ1n) is 7.34. The van der Waals surface area contributed by atoms with Gasteiger partial charge in [0.1, 0.15) is 11.6 Å². The second-order valence-electron chi connectivity index (χ2n) is 5.40. The maximum Gasteiger partial charge on any atom is 0.162 e. The van der Waals surface area contributed by atoms with E-state index in [1.54, 1.807) is 0 Å². The van der Waals surface area contributed by atoms with Gasteiger partial charge in [0.15, 0.2) is 5.82 Å². The average Bonchev–Trinajstić information content (AvgIpc) is 3.19. The molecule has 0 radical (unpaired) electrons. The monoisotopic (exact) mass is 271 g/mol. The SMILES string of the molecule is CCCc1nc(NC)c(C)c(-n2ccc(C3CC3)n2)n1. The topological polar surface area (TPSA) is 55.6 Å². The van der Waals surface area contributed by atoms with Crippen molar-refractivity contribution in [1.82, 2.24) is 19.7 Å². The molecular formula is C15H21N5. The molecular weight excluding hydrogens is 250 g/mol. The Kier molecular flexibility index (Phi) is 3.42. The van der Waals surface area contributed by atoms with Gasteiger partial charge in [-0.2, -0.15) is 5.10 Å². The van der Waals surface area contributed by atoms with Crippen molar-refractivity contribution in [1.29, 1.82) is 0 Å². The van der Waals surface area contributed by atoms with E-state index >= 15 is 0 Å². The van der Waals surface area contributed by atoms with Crippen molar-refractivity contribution in [2.75, 3.05) is 12.4 Å². The lowest BCUT2D eigenvalue weighted by molar-refractivity contribution is 0.766. The molecule has 2 aromatic rings. The molecule has 2 aromatic heterocycles. The van der Waals surface area contributed by atoms with Crippen LogP contribution in [0.5, 0.6) is 0 Å². The predicted octanol–water partition coefficient (Wildman–Crippen LogP) is 2.84. The van der Waals surface area contributed by atoms with E-state index in [4.69, 9.17) is 0 Å². The molecule has 106 valence electrons. The summed E-state index contributed by atoms with van der Waals surface area (Å²) in [5, 5.41) is 7.83. The highest BCUT2D eigenvalue weighted by Gasteiger charge is 2.26. The van der Waals surface area contributed by atoms with Crippen LogP contribution in [0.3, 0.4) is 0 Å². The molecule has 20 heavy (non-hydrogen) atoms. The number of anilines is 1. The Labute approximate surface area is 119 Å². The van der Waals surface area contributed by atoms with Gasteiger partial charge < -0.3 is 5.32 Å². The van der Waals surface area contributed by atoms with Crippen molar-refractivity contribution >= 4 is 5.82 Å². The summed E-state index contributed by atoms with van der Waals surface area (Å²) in [6.07, 6.45) is 6.47. The normalized spacial score (nSPS) is 14.6. The highest BCUT2D eigenvalue weighted by Crippen LogP contribution is 2.39. The van der Waals surface area contributed by atoms with Crippen LogP contribution in [0.1, 0.15) is 49.2 Å². The molecule has 0 aliphatic heterocycles. The number of nitrogens with one attached hydrogen (secondary N) is 1. The first-order valence-corrected chi connectivity index (χ1v) is 7.34. The standard InChI is InChI=1S/C15H21N5/c1-4-5-13-17-14(16-3)10(2)15(18-13)20-9-8-12(19-20)11-6-7-11/h8-9,11H,4-7H2,1-3H3,(H,16,17,18). The molecule has 5 nitrogen and oxygen atoms in total. The minimum absolute atomic E-state index is 0.664. The van der Waals surface area contributed by atoms with Gasteiger partial charge in [0.05, 0.1) is 5.69 Å². The molecule has 0 amide bonds. The zero-order valence-corrected chi connectivity index (χ0v) is 12.3. The zero-order valence-electron chi connectivity index (χ0n) is 12.3. The van der Waals surface area contributed by atoms with Crippen LogP contribution in [0, 0.1) is 6.92 Å². The van der Waals surface area contributed by atoms with E-state index in [0.717, 1.165) is 35.9 Å². The van der Waals surface area contributed by atoms with Crippen molar-refractivity contribution in [3.05, 3.63) is 29.3 Å². The molecule has 1 aliphatic rings. The molecule has 0 saturated heterocycles. The fourth-order valence-electron chi connectivity index (χ4n) is 2.40. The number of hydrogen-bond donors (Lipinski definition) is 1. The summed E-state index contributed by atoms with van der Waals surface area (Å²) in [5.41, 5.74) is 2.23. The molecule has 0 atom stereocenters. The van der Waals surface area contributed by atoms with Crippen LogP contribution in [-0.2, 0) is 6.42 Å². The fraction of sp³-hybridized carbons (Fsp3) is 0.533. The van der Waals surface area contributed by atoms with Gasteiger partial charge in [0, 0.05) is 31.1 Å². The minimum Gasteiger partial charge on any atom is -0.373 e. The minimum atomic E-state index is 0.664. The van der Waals surface area contributed by atoms with Gasteiger partial charge in [-0.15, -0.1) is 0 Å². The highest BCUT2D eigenvalue weighted by atomic mass is 15.3. The van der Waals surface area contributed by atoms with Gasteiger partial charge >= 0.3 is 0 Å². The molecule has 0 aromatic carbocycles. The third-order valence-corrected chi connectivity index (χ3v) is 3.70. The maximum atomic E-state index is 4.68. The van der Waals surface area contributed by atoms with E-state index in [1.807, 2.05) is 24.9 Å². The molecule has 0 spiro atoms. The van der Waals surface area contributed by atoms with Crippen LogP contribution in [0.25, 0.3) is 5.82 Å². The fourth-order valence-corrected chi connectivity index (χ4v) is 2.40. The van der Waals surface area contributed by atoms with Crippen molar-refractivity contribution < 1.29 is 0 Å². The Morgan fingerprint density at radius 2 is 2.15 bits per heavy atom. The Bertz CT molecular complexity index is 613. The number of aromatic nitrogens is 4. The van der Waals surface area contributed by atoms with Crippen molar-refractivity contribution in [3.63, 3.8) is 0 Å². The van der Waals surface area contributed by atoms with Crippen LogP contribution in [0.2, 0.25) is 0 Å². The highest BCUT2D eigenvalue weighted by molar-refractivity contribution is 5.51. The molecule has 5 heteroatoms. The van der Waals surface area contributed by atoms with Crippen LogP contribution in [-0.4, -0.2) is 26.8 Å². The summed E-state index contributed by atoms with van der Waals surface area (Å²) in [7, 11) is 1.90. The Morgan fingerprint density at radius 1 is 1.35 bits per heavy atom. The summed E-state index contributed by atoms with van der Waals surface area (Å²) in [6.45, 7) is 4.18. The van der Waals surface area contributed by atoms with Gasteiger partial charge in [-0.25, -0.2) is 14.6 Å². The van der Waals surface area contributed by atoms with Crippen molar-refractivity contribution in [2.45, 2.75) is 45.4 Å². The lowest BCUT2D eigenvalue weighted by Gasteiger charge is -2.11. The van der Waals surface area contributed by atoms with Crippen molar-refractivity contribution in [3.8, 4) is 5.82 Å². The third kappa shape index (κ3) is 2.40. The average molecular weight is 271 g/mol. The molecule has 1 aliphatic carbocycles. The number of hydrogen-bond acceptors (Lipinski definition) is 4. The molecule has 1 fully saturated rings. The van der Waals surface area contributed by atoms with E-state index in [2.05, 4.69) is 33.4 Å². The number of aryl methyl sites for hydroxylation is 1. The van der Waals surface area contributed by atoms with E-state index in [1.165, 1.54) is 18.5 Å². The van der Waals surface area contributed by atoms with Crippen LogP contribution < -0.4 is 5.32 Å². The van der Waals surface area contributed by atoms with Crippen LogP contribution in [0.4, 0.5) is 5.82 Å². The van der Waals surface area contributed by atoms with Gasteiger partial charge in [-0.05, 0) is 32.3 Å². The molecule has 0 unspecified atom stereocenters. The second kappa shape index (κ2) is 5.23. The molecule has 0 bridgehead atoms. The summed E-state index contributed by atoms with van der Waals surface area (Å²) in [5.74, 6) is 3.32. The lowest BCUT2D eigenvalue weighted by Crippen LogP contribution is -2.10. The lowest BCUT2D eigenvalue weighted by atomic mass is 10.2. The third-order valence-electron chi connectivity index (χ3n) is 3.70. The van der Waals surface area contributed by atoms with Crippen LogP contribution >= 0.6 is 0 Å². The smallest absolute Gasteiger partial charge is 0.162 e. The maximum absolute atomic E-state index is 4.68. The first-order chi connectivity index (χ1) is 9.72. The molecule has 1 saturated carbocycles. The van der Waals surface area contributed by atoms with Crippen LogP contribution in [0.15, 0.2) is 12.3 Å². The van der Waals surface area contributed by atoms with E-state index in [-0.39, 0.29) is 0 Å². The van der Waals surface area contributed by atoms with Gasteiger partial charge in [0.25, 0.3) is 0 Å². The summed E-state index contributed by atoms with van der Waals surface area (Å²) >= 11 is 0. The largest absolute Gasteiger partial charge is 0.373 e. The van der Waals surface area contributed by atoms with E-state index in [0.29, 0.717) is 5.92 Å². The summed E-state index contributed by atoms with van der Waals surface area (Å²) in [4.78, 5) is 9.24. The predicted molar refractivity (Wildman–Crippen MR) is 79.4 cm³/mol. The molecule has 3 rings (SSSR count). The first kappa shape index (κ1) is 13.1. The molecule has 1 N–H and O–H groups in total. The molecule has 2 heterocycles. The Morgan fingerprint density at radius 3 is 2.80 bits per heavy atom. The van der Waals surface area contributed by atoms with Gasteiger partial charge in [-0.3, -0.25) is 0 Å². The van der Waals surface area contributed by atoms with Gasteiger partial charge in [-0.1, -0.05) is 6.92 Å². The summed E-state index contributed by atoms with van der Waals surface area (Å²) < 4.78 is 1.89. The van der Waals surface area contributed by atoms with Gasteiger partial charge in [0.2, 0.25) is 0 Å².